The van der Waals surface area contributed by atoms with Gasteiger partial charge in [0, 0.05) is 105 Å². The molecule has 0 aliphatic carbocycles. The zero-order valence-corrected chi connectivity index (χ0v) is 75.4. The number of rotatable bonds is 23. The molecule has 3 aromatic carbocycles. The minimum absolute atomic E-state index is 0.0119. The van der Waals surface area contributed by atoms with Gasteiger partial charge in [0.15, 0.2) is 11.6 Å². The first-order valence-electron chi connectivity index (χ1n) is 43.5. The van der Waals surface area contributed by atoms with Crippen LogP contribution in [0.3, 0.4) is 0 Å². The average molecular weight is 1870 g/mol. The number of phenolic OH excluding ortho intramolecular Hbond substituents is 1. The molecule has 0 spiro atoms. The number of nitrogens with two attached hydrogens (primary N) is 1. The van der Waals surface area contributed by atoms with Crippen LogP contribution < -0.4 is 53.6 Å². The molecule has 132 heavy (non-hydrogen) atoms. The molecule has 2 saturated heterocycles. The van der Waals surface area contributed by atoms with Gasteiger partial charge in [-0.05, 0) is 115 Å². The van der Waals surface area contributed by atoms with E-state index in [4.69, 9.17) is 5.73 Å². The molecule has 10 rings (SSSR count). The number of thiophene rings is 1. The van der Waals surface area contributed by atoms with E-state index in [9.17, 15) is 73.5 Å². The van der Waals surface area contributed by atoms with Crippen LogP contribution in [0, 0.1) is 5.92 Å². The van der Waals surface area contributed by atoms with Gasteiger partial charge >= 0.3 is 11.9 Å². The zero-order chi connectivity index (χ0) is 95.7. The highest BCUT2D eigenvalue weighted by Gasteiger charge is 2.47. The number of fused-ring (bicyclic) bond motifs is 5. The Morgan fingerprint density at radius 3 is 1.97 bits per heavy atom. The molecule has 2 fully saturated rings. The van der Waals surface area contributed by atoms with E-state index in [1.54, 1.807) is 41.9 Å². The largest absolute Gasteiger partial charge is 0.508 e. The smallest absolute Gasteiger partial charge is 0.322 e. The lowest BCUT2D eigenvalue weighted by Crippen LogP contribution is -2.60. The van der Waals surface area contributed by atoms with Crippen molar-refractivity contribution in [2.75, 3.05) is 51.8 Å². The summed E-state index contributed by atoms with van der Waals surface area (Å²) in [6.07, 6.45) is 0.374. The second-order valence-electron chi connectivity index (χ2n) is 33.1. The molecule has 15 atom stereocenters. The Hall–Kier alpha value is -13.3. The lowest BCUT2D eigenvalue weighted by molar-refractivity contribution is -0.149. The number of para-hydroxylation sites is 1. The number of thioether (sulfide) groups is 1. The Kier molecular flexibility index (Phi) is 36.3. The number of carbonyl (C=O) groups excluding carboxylic acids is 15. The van der Waals surface area contributed by atoms with Crippen molar-refractivity contribution < 1.29 is 107 Å². The third-order valence-corrected chi connectivity index (χ3v) is 25.6. The number of imidazole rings is 1. The molecular formula is C87H113N21O22S2. The van der Waals surface area contributed by atoms with Crippen LogP contribution in [0.4, 0.5) is 0 Å². The minimum Gasteiger partial charge on any atom is -0.508 e. The third kappa shape index (κ3) is 26.7. The van der Waals surface area contributed by atoms with Gasteiger partial charge in [0.25, 0.3) is 0 Å². The fraction of sp³-hybridized carbons (Fsp3) is 0.506. The molecule has 7 aromatic rings. The number of aliphatic hydroxyl groups is 2. The molecule has 7 heterocycles. The van der Waals surface area contributed by atoms with Crippen LogP contribution in [0.15, 0.2) is 96.9 Å². The fourth-order valence-corrected chi connectivity index (χ4v) is 18.1. The zero-order valence-electron chi connectivity index (χ0n) is 73.8. The molecule has 0 bridgehead atoms. The first-order valence-corrected chi connectivity index (χ1v) is 45.6. The van der Waals surface area contributed by atoms with E-state index in [1.807, 2.05) is 32.0 Å². The quantitative estimate of drug-likeness (QED) is 0.0371. The number of carboxylic acid groups (broad SMARTS) is 2. The molecule has 43 nitrogen and oxygen atoms in total. The van der Waals surface area contributed by atoms with Gasteiger partial charge in [0.05, 0.1) is 49.0 Å². The first kappa shape index (κ1) is 101. The molecule has 0 unspecified atom stereocenters. The molecule has 3 aliphatic heterocycles. The fourth-order valence-electron chi connectivity index (χ4n) is 16.3. The van der Waals surface area contributed by atoms with Crippen molar-refractivity contribution in [2.24, 2.45) is 11.7 Å². The number of aliphatic hydroxyl groups excluding tert-OH is 2. The Morgan fingerprint density at radius 2 is 1.28 bits per heavy atom. The van der Waals surface area contributed by atoms with E-state index >= 15 is 33.6 Å². The number of hydrogen-bond donors (Lipinski definition) is 17. The summed E-state index contributed by atoms with van der Waals surface area (Å²) in [7, 11) is 2.70. The third-order valence-electron chi connectivity index (χ3n) is 23.5. The SMILES string of the molecule is CCCC[C@H]1C(=O)N(C)[C@@H](CCCC)C(=O)N[C@@H](C)C(=O)N[C@H](C(=O)NCC(=O)O)CSCC(=O)N[C@@H](Cc2ccc(O)cc2)c2nnnn2[C@@H](C)C(=O)N[C@@H](CC(=O)O)C(=O)N2CCC[C@H]2C(=O)N[C@@H](Cc2c[nH]cn2)C(=O)N[C@@H](CCC(N)=O)C(=O)N2C[C@H](O)C[C@H]2C(=O)C[C@@H](Cc2c[nH]c3ccccc23)C(=O)N[C@@H](CO)C(=O)N[C@@H](Cc2csc3ccccc23)C(=O)N1C. The van der Waals surface area contributed by atoms with E-state index in [1.165, 1.54) is 76.1 Å². The van der Waals surface area contributed by atoms with Crippen LogP contribution in [-0.2, 0) is 107 Å². The van der Waals surface area contributed by atoms with E-state index in [-0.39, 0.29) is 68.8 Å². The Balaban J connectivity index is 1.01. The highest BCUT2D eigenvalue weighted by Crippen LogP contribution is 2.32. The molecule has 0 radical (unpaired) electrons. The average Bonchev–Trinajstić information content (AvgIpc) is 1.57. The van der Waals surface area contributed by atoms with E-state index < -0.39 is 261 Å². The Bertz CT molecular complexity index is 5320. The molecule has 4 aromatic heterocycles. The molecule has 0 saturated carbocycles. The van der Waals surface area contributed by atoms with E-state index in [2.05, 4.69) is 78.3 Å². The maximum absolute atomic E-state index is 15.6. The number of unbranched alkanes of at least 4 members (excludes halogenated alkanes) is 2. The number of amides is 14. The maximum atomic E-state index is 15.6. The van der Waals surface area contributed by atoms with E-state index in [0.717, 1.165) is 40.7 Å². The number of tetrazole rings is 1. The van der Waals surface area contributed by atoms with Crippen LogP contribution in [-0.4, -0.2) is 305 Å². The number of phenols is 1. The summed E-state index contributed by atoms with van der Waals surface area (Å²) in [6, 6.07) is -0.397. The summed E-state index contributed by atoms with van der Waals surface area (Å²) in [4.78, 5) is 260. The first-order chi connectivity index (χ1) is 63.1. The second kappa shape index (κ2) is 47.5. The summed E-state index contributed by atoms with van der Waals surface area (Å²) in [5.41, 5.74) is 8.03. The normalized spacial score (nSPS) is 24.9. The van der Waals surface area contributed by atoms with Crippen molar-refractivity contribution >= 4 is 145 Å². The number of aromatic hydroxyl groups is 1. The number of aromatic nitrogens is 7. The highest BCUT2D eigenvalue weighted by molar-refractivity contribution is 8.00. The standard InChI is InChI=1S/C87H113N21O22S2/c1-7-9-19-65-82(125)93-46(3)76(119)100-64(79(122)91-39-74(117)118)43-131-44-72(114)94-59(30-48-23-25-53(110)26-24-48)75-101-102-103-108(75)47(4)77(120)97-62(36-73(115)116)86(129)106-29-15-21-66(106)83(126)96-60(34-52-38-89-45-92-52)80(123)95-58(27-28-71(88)113)85(128)107-40-54(111)35-68(107)69(112)33-49(31-50-37-90-57-18-13-11-16-55(50)57)78(121)99-63(41-109)81(124)98-61(32-51-42-132-70-22-14-12-17-56(51)70)84(127)105(6)67(20-10-8-2)87(130)104(65)5/h11-14,16-18,22-26,37-38,42,45-47,49,54,58-68,90,109-111H,7-10,15,19-21,27-36,39-41,43-44H2,1-6H3,(H2,88,113)(H,89,92)(H,91,122)(H,93,125)(H,94,114)(H,95,123)(H,96,126)(H,97,120)(H,98,124)(H,99,121)(H,100,119)(H,115,116)(H,117,118)/t46-,47-,49+,54+,58-,59-,60-,61-,62-,63-,64-,65-,66-,67-,68-/m0/s1. The van der Waals surface area contributed by atoms with E-state index in [0.29, 0.717) is 58.7 Å². The number of carboxylic acids is 2. The number of nitrogens with one attached hydrogen (secondary N) is 11. The number of ketones is 1. The van der Waals surface area contributed by atoms with Crippen molar-refractivity contribution in [1.82, 2.24) is 103 Å². The van der Waals surface area contributed by atoms with Crippen LogP contribution in [0.5, 0.6) is 5.75 Å². The van der Waals surface area contributed by atoms with Crippen LogP contribution in [0.1, 0.15) is 151 Å². The van der Waals surface area contributed by atoms with Gasteiger partial charge in [-0.25, -0.2) is 9.67 Å². The number of primary amides is 1. The van der Waals surface area contributed by atoms with Crippen molar-refractivity contribution in [1.29, 1.82) is 0 Å². The molecule has 3 aliphatic rings. The van der Waals surface area contributed by atoms with Gasteiger partial charge < -0.3 is 109 Å². The number of H-pyrrole nitrogens is 2. The lowest BCUT2D eigenvalue weighted by atomic mass is 9.90. The number of likely N-dealkylation sites (N-methyl/N-ethyl adjacent to an activating group) is 2. The lowest BCUT2D eigenvalue weighted by Gasteiger charge is -2.36. The maximum Gasteiger partial charge on any atom is 0.322 e. The van der Waals surface area contributed by atoms with Gasteiger partial charge in [0.1, 0.15) is 78.8 Å². The number of carbonyl (C=O) groups is 17. The predicted molar refractivity (Wildman–Crippen MR) is 476 cm³/mol. The number of aliphatic carboxylic acids is 2. The number of aromatic amines is 2. The second-order valence-corrected chi connectivity index (χ2v) is 35.1. The monoisotopic (exact) mass is 1870 g/mol. The summed E-state index contributed by atoms with van der Waals surface area (Å²) in [5.74, 6) is -19.9. The summed E-state index contributed by atoms with van der Waals surface area (Å²) in [5, 5.41) is 91.1. The van der Waals surface area contributed by atoms with Crippen LogP contribution in [0.2, 0.25) is 0 Å². The van der Waals surface area contributed by atoms with Gasteiger partial charge in [-0.3, -0.25) is 81.5 Å². The highest BCUT2D eigenvalue weighted by atomic mass is 32.2. The number of hydrogen-bond acceptors (Lipinski definition) is 26. The topological polar surface area (TPSA) is 627 Å². The van der Waals surface area contributed by atoms with Crippen LogP contribution in [0.25, 0.3) is 21.0 Å². The Morgan fingerprint density at radius 1 is 0.621 bits per heavy atom. The predicted octanol–water partition coefficient (Wildman–Crippen LogP) is -0.857. The van der Waals surface area contributed by atoms with Gasteiger partial charge in [-0.15, -0.1) is 28.2 Å². The summed E-state index contributed by atoms with van der Waals surface area (Å²) >= 11 is 2.13. The van der Waals surface area contributed by atoms with Gasteiger partial charge in [0.2, 0.25) is 82.7 Å². The summed E-state index contributed by atoms with van der Waals surface area (Å²) in [6.45, 7) is 3.52. The molecule has 18 N–H and O–H groups in total. The van der Waals surface area contributed by atoms with Crippen molar-refractivity contribution in [3.05, 3.63) is 125 Å². The number of benzene rings is 3. The molecule has 45 heteroatoms. The van der Waals surface area contributed by atoms with Gasteiger partial charge in [-0.1, -0.05) is 88.1 Å². The molecule has 710 valence electrons. The minimum atomic E-state index is -1.91. The van der Waals surface area contributed by atoms with Crippen LogP contribution >= 0.6 is 23.1 Å². The van der Waals surface area contributed by atoms with Crippen molar-refractivity contribution in [2.45, 2.75) is 221 Å². The van der Waals surface area contributed by atoms with Gasteiger partial charge in [-0.2, -0.15) is 0 Å². The molecular weight excluding hydrogens is 1760 g/mol. The summed E-state index contributed by atoms with van der Waals surface area (Å²) < 4.78 is 1.79. The van der Waals surface area contributed by atoms with Crippen molar-refractivity contribution in [3.8, 4) is 5.75 Å². The van der Waals surface area contributed by atoms with Crippen molar-refractivity contribution in [3.63, 3.8) is 0 Å². The number of Topliss-reactive ketones (excluding diaryl/α,β-unsaturated/α-hetero) is 1. The molecule has 14 amide bonds. The number of nitrogens with zero attached hydrogens (tertiary/aromatic N) is 9. The Labute approximate surface area is 766 Å².